The van der Waals surface area contributed by atoms with Gasteiger partial charge in [0.2, 0.25) is 0 Å². The minimum atomic E-state index is 0.135. The van der Waals surface area contributed by atoms with Crippen LogP contribution in [0.3, 0.4) is 0 Å². The highest BCUT2D eigenvalue weighted by Crippen LogP contribution is 2.37. The topological polar surface area (TPSA) is 32.3 Å². The van der Waals surface area contributed by atoms with E-state index in [4.69, 9.17) is 0 Å². The molecule has 1 aromatic rings. The van der Waals surface area contributed by atoms with Gasteiger partial charge in [0, 0.05) is 24.6 Å². The summed E-state index contributed by atoms with van der Waals surface area (Å²) in [5, 5.41) is 13.3. The summed E-state index contributed by atoms with van der Waals surface area (Å²) in [4.78, 5) is 0. The number of hydrogen-bond acceptors (Lipinski definition) is 2. The maximum Gasteiger partial charge on any atom is 0.0499 e. The van der Waals surface area contributed by atoms with Gasteiger partial charge in [0.1, 0.15) is 0 Å². The molecule has 112 valence electrons. The second-order valence-electron chi connectivity index (χ2n) is 6.46. The molecule has 1 aliphatic carbocycles. The number of benzene rings is 1. The van der Waals surface area contributed by atoms with Crippen molar-refractivity contribution in [1.82, 2.24) is 5.32 Å². The van der Waals surface area contributed by atoms with E-state index in [-0.39, 0.29) is 5.41 Å². The molecule has 2 heteroatoms. The fraction of sp³-hybridized carbons (Fsp3) is 0.667. The molecular formula is C18H29NO. The molecule has 0 saturated heterocycles. The lowest BCUT2D eigenvalue weighted by atomic mass is 9.87. The first-order valence-electron chi connectivity index (χ1n) is 8.12. The fourth-order valence-corrected chi connectivity index (χ4v) is 3.26. The summed E-state index contributed by atoms with van der Waals surface area (Å²) < 4.78 is 0. The van der Waals surface area contributed by atoms with E-state index in [1.165, 1.54) is 43.2 Å². The van der Waals surface area contributed by atoms with Gasteiger partial charge in [-0.05, 0) is 37.3 Å². The average molecular weight is 275 g/mol. The van der Waals surface area contributed by atoms with Crippen LogP contribution < -0.4 is 5.32 Å². The summed E-state index contributed by atoms with van der Waals surface area (Å²) in [6.07, 6.45) is 7.23. The molecule has 20 heavy (non-hydrogen) atoms. The maximum atomic E-state index is 9.66. The molecule has 1 unspecified atom stereocenters. The predicted octanol–water partition coefficient (Wildman–Crippen LogP) is 3.84. The van der Waals surface area contributed by atoms with Crippen molar-refractivity contribution >= 4 is 0 Å². The normalized spacial score (nSPS) is 19.1. The molecule has 0 amide bonds. The summed E-state index contributed by atoms with van der Waals surface area (Å²) in [5.41, 5.74) is 2.90. The predicted molar refractivity (Wildman–Crippen MR) is 84.8 cm³/mol. The highest BCUT2D eigenvalue weighted by molar-refractivity contribution is 5.24. The SMILES string of the molecule is CCCc1ccc(C(C)NCC2(CO)CCCC2)cc1. The quantitative estimate of drug-likeness (QED) is 0.792. The van der Waals surface area contributed by atoms with E-state index in [0.717, 1.165) is 13.0 Å². The van der Waals surface area contributed by atoms with Crippen LogP contribution in [0.15, 0.2) is 24.3 Å². The Labute approximate surface area is 123 Å². The summed E-state index contributed by atoms with van der Waals surface area (Å²) in [7, 11) is 0. The first kappa shape index (κ1) is 15.5. The third kappa shape index (κ3) is 3.83. The lowest BCUT2D eigenvalue weighted by Gasteiger charge is -2.29. The van der Waals surface area contributed by atoms with Crippen molar-refractivity contribution in [3.63, 3.8) is 0 Å². The second kappa shape index (κ2) is 7.24. The standard InChI is InChI=1S/C18H29NO/c1-3-6-16-7-9-17(10-8-16)15(2)19-13-18(14-20)11-4-5-12-18/h7-10,15,19-20H,3-6,11-14H2,1-2H3. The highest BCUT2D eigenvalue weighted by atomic mass is 16.3. The minimum absolute atomic E-state index is 0.135. The summed E-state index contributed by atoms with van der Waals surface area (Å²) in [6.45, 7) is 5.69. The number of nitrogens with one attached hydrogen (secondary N) is 1. The first-order valence-corrected chi connectivity index (χ1v) is 8.12. The largest absolute Gasteiger partial charge is 0.396 e. The second-order valence-corrected chi connectivity index (χ2v) is 6.46. The van der Waals surface area contributed by atoms with Crippen molar-refractivity contribution in [3.8, 4) is 0 Å². The van der Waals surface area contributed by atoms with Crippen molar-refractivity contribution in [3.05, 3.63) is 35.4 Å². The molecule has 2 rings (SSSR count). The molecule has 1 atom stereocenters. The van der Waals surface area contributed by atoms with Gasteiger partial charge >= 0.3 is 0 Å². The van der Waals surface area contributed by atoms with E-state index in [0.29, 0.717) is 12.6 Å². The smallest absolute Gasteiger partial charge is 0.0499 e. The number of aliphatic hydroxyl groups excluding tert-OH is 1. The Morgan fingerprint density at radius 3 is 2.40 bits per heavy atom. The van der Waals surface area contributed by atoms with E-state index in [1.807, 2.05) is 0 Å². The molecular weight excluding hydrogens is 246 g/mol. The van der Waals surface area contributed by atoms with E-state index < -0.39 is 0 Å². The van der Waals surface area contributed by atoms with Gasteiger partial charge in [0.15, 0.2) is 0 Å². The number of hydrogen-bond donors (Lipinski definition) is 2. The summed E-state index contributed by atoms with van der Waals surface area (Å²) >= 11 is 0. The molecule has 0 radical (unpaired) electrons. The molecule has 0 aromatic heterocycles. The van der Waals surface area contributed by atoms with Crippen LogP contribution >= 0.6 is 0 Å². The number of aliphatic hydroxyl groups is 1. The van der Waals surface area contributed by atoms with Crippen molar-refractivity contribution < 1.29 is 5.11 Å². The Morgan fingerprint density at radius 1 is 1.20 bits per heavy atom. The van der Waals surface area contributed by atoms with E-state index in [2.05, 4.69) is 43.4 Å². The van der Waals surface area contributed by atoms with Crippen LogP contribution in [-0.2, 0) is 6.42 Å². The van der Waals surface area contributed by atoms with Gasteiger partial charge < -0.3 is 10.4 Å². The van der Waals surface area contributed by atoms with Crippen molar-refractivity contribution in [2.75, 3.05) is 13.2 Å². The van der Waals surface area contributed by atoms with Crippen molar-refractivity contribution in [1.29, 1.82) is 0 Å². The average Bonchev–Trinajstić information content (AvgIpc) is 2.95. The fourth-order valence-electron chi connectivity index (χ4n) is 3.26. The lowest BCUT2D eigenvalue weighted by Crippen LogP contribution is -2.36. The molecule has 0 spiro atoms. The molecule has 2 N–H and O–H groups in total. The van der Waals surface area contributed by atoms with Crippen LogP contribution in [-0.4, -0.2) is 18.3 Å². The number of rotatable bonds is 7. The van der Waals surface area contributed by atoms with Gasteiger partial charge in [-0.2, -0.15) is 0 Å². The van der Waals surface area contributed by atoms with Crippen LogP contribution in [0.5, 0.6) is 0 Å². The molecule has 2 nitrogen and oxygen atoms in total. The van der Waals surface area contributed by atoms with Crippen LogP contribution in [0.1, 0.15) is 63.1 Å². The third-order valence-electron chi connectivity index (χ3n) is 4.80. The monoisotopic (exact) mass is 275 g/mol. The number of aryl methyl sites for hydroxylation is 1. The minimum Gasteiger partial charge on any atom is -0.396 e. The maximum absolute atomic E-state index is 9.66. The van der Waals surface area contributed by atoms with Crippen LogP contribution in [0.4, 0.5) is 0 Å². The Kier molecular flexibility index (Phi) is 5.62. The van der Waals surface area contributed by atoms with Gasteiger partial charge in [-0.3, -0.25) is 0 Å². The van der Waals surface area contributed by atoms with E-state index >= 15 is 0 Å². The molecule has 0 bridgehead atoms. The van der Waals surface area contributed by atoms with Gasteiger partial charge in [0.25, 0.3) is 0 Å². The zero-order chi connectivity index (χ0) is 14.4. The summed E-state index contributed by atoms with van der Waals surface area (Å²) in [5.74, 6) is 0. The van der Waals surface area contributed by atoms with Crippen molar-refractivity contribution in [2.45, 2.75) is 58.4 Å². The Morgan fingerprint density at radius 2 is 1.85 bits per heavy atom. The van der Waals surface area contributed by atoms with Gasteiger partial charge in [0.05, 0.1) is 0 Å². The Bertz CT molecular complexity index is 392. The molecule has 0 aliphatic heterocycles. The Balaban J connectivity index is 1.89. The van der Waals surface area contributed by atoms with Crippen molar-refractivity contribution in [2.24, 2.45) is 5.41 Å². The van der Waals surface area contributed by atoms with Gasteiger partial charge in [-0.1, -0.05) is 50.5 Å². The summed E-state index contributed by atoms with van der Waals surface area (Å²) in [6, 6.07) is 9.32. The van der Waals surface area contributed by atoms with Crippen LogP contribution in [0.2, 0.25) is 0 Å². The molecule has 1 saturated carbocycles. The van der Waals surface area contributed by atoms with Crippen LogP contribution in [0, 0.1) is 5.41 Å². The van der Waals surface area contributed by atoms with Gasteiger partial charge in [-0.25, -0.2) is 0 Å². The molecule has 1 aliphatic rings. The third-order valence-corrected chi connectivity index (χ3v) is 4.80. The van der Waals surface area contributed by atoms with Crippen LogP contribution in [0.25, 0.3) is 0 Å². The van der Waals surface area contributed by atoms with E-state index in [9.17, 15) is 5.11 Å². The zero-order valence-corrected chi connectivity index (χ0v) is 13.0. The first-order chi connectivity index (χ1) is 9.69. The highest BCUT2D eigenvalue weighted by Gasteiger charge is 2.33. The lowest BCUT2D eigenvalue weighted by molar-refractivity contribution is 0.125. The Hall–Kier alpha value is -0.860. The van der Waals surface area contributed by atoms with E-state index in [1.54, 1.807) is 0 Å². The zero-order valence-electron chi connectivity index (χ0n) is 13.0. The van der Waals surface area contributed by atoms with Gasteiger partial charge in [-0.15, -0.1) is 0 Å². The molecule has 0 heterocycles. The molecule has 1 aromatic carbocycles. The molecule has 1 fully saturated rings.